The van der Waals surface area contributed by atoms with E-state index in [4.69, 9.17) is 4.74 Å². The zero-order valence-corrected chi connectivity index (χ0v) is 15.2. The molecule has 2 heterocycles. The fourth-order valence-electron chi connectivity index (χ4n) is 2.19. The summed E-state index contributed by atoms with van der Waals surface area (Å²) in [6.07, 6.45) is -0.673. The number of hydrogen-bond acceptors (Lipinski definition) is 8. The van der Waals surface area contributed by atoms with E-state index in [0.717, 1.165) is 11.3 Å². The SMILES string of the molecule is CC(=O)Nc1nnc(S(=O)(=O)NCCC2Oc3ccccc3NC2=O)s1. The van der Waals surface area contributed by atoms with Gasteiger partial charge >= 0.3 is 0 Å². The number of aromatic nitrogens is 2. The molecule has 138 valence electrons. The molecule has 12 heteroatoms. The van der Waals surface area contributed by atoms with Gasteiger partial charge in [-0.05, 0) is 12.1 Å². The lowest BCUT2D eigenvalue weighted by Gasteiger charge is -2.25. The number of carbonyl (C=O) groups excluding carboxylic acids is 2. The molecule has 0 radical (unpaired) electrons. The van der Waals surface area contributed by atoms with E-state index in [0.29, 0.717) is 11.4 Å². The Bertz CT molecular complexity index is 943. The van der Waals surface area contributed by atoms with Gasteiger partial charge in [-0.2, -0.15) is 0 Å². The molecule has 0 fully saturated rings. The van der Waals surface area contributed by atoms with E-state index >= 15 is 0 Å². The van der Waals surface area contributed by atoms with E-state index in [-0.39, 0.29) is 34.3 Å². The number of rotatable bonds is 6. The fraction of sp³-hybridized carbons (Fsp3) is 0.286. The van der Waals surface area contributed by atoms with Crippen LogP contribution in [0.1, 0.15) is 13.3 Å². The van der Waals surface area contributed by atoms with Crippen LogP contribution in [0.3, 0.4) is 0 Å². The lowest BCUT2D eigenvalue weighted by molar-refractivity contribution is -0.123. The summed E-state index contributed by atoms with van der Waals surface area (Å²) in [6, 6.07) is 6.98. The minimum absolute atomic E-state index is 0.0301. The molecule has 1 aromatic carbocycles. The Hall–Kier alpha value is -2.57. The van der Waals surface area contributed by atoms with Crippen LogP contribution < -0.4 is 20.1 Å². The number of anilines is 2. The second-order valence-corrected chi connectivity index (χ2v) is 8.25. The summed E-state index contributed by atoms with van der Waals surface area (Å²) >= 11 is 0.730. The molecule has 1 aliphatic rings. The van der Waals surface area contributed by atoms with Crippen LogP contribution in [0.4, 0.5) is 10.8 Å². The summed E-state index contributed by atoms with van der Waals surface area (Å²) in [5.41, 5.74) is 0.577. The minimum atomic E-state index is -3.90. The van der Waals surface area contributed by atoms with Gasteiger partial charge in [0, 0.05) is 19.9 Å². The number of amides is 2. The zero-order valence-electron chi connectivity index (χ0n) is 13.6. The van der Waals surface area contributed by atoms with E-state index in [1.807, 2.05) is 0 Å². The highest BCUT2D eigenvalue weighted by Gasteiger charge is 2.28. The molecule has 26 heavy (non-hydrogen) atoms. The molecule has 1 aliphatic heterocycles. The van der Waals surface area contributed by atoms with Crippen LogP contribution >= 0.6 is 11.3 Å². The zero-order chi connectivity index (χ0) is 18.7. The molecule has 3 rings (SSSR count). The first-order valence-corrected chi connectivity index (χ1v) is 9.82. The Labute approximate surface area is 153 Å². The summed E-state index contributed by atoms with van der Waals surface area (Å²) in [6.45, 7) is 1.25. The lowest BCUT2D eigenvalue weighted by Crippen LogP contribution is -2.39. The Kier molecular flexibility index (Phi) is 5.15. The Balaban J connectivity index is 1.58. The molecule has 1 unspecified atom stereocenters. The van der Waals surface area contributed by atoms with E-state index in [1.165, 1.54) is 6.92 Å². The second kappa shape index (κ2) is 7.35. The maximum atomic E-state index is 12.2. The number of nitrogens with one attached hydrogen (secondary N) is 3. The van der Waals surface area contributed by atoms with Crippen LogP contribution in [0, 0.1) is 0 Å². The molecule has 0 bridgehead atoms. The van der Waals surface area contributed by atoms with Gasteiger partial charge in [0.05, 0.1) is 5.69 Å². The third-order valence-electron chi connectivity index (χ3n) is 3.32. The number of sulfonamides is 1. The van der Waals surface area contributed by atoms with E-state index < -0.39 is 16.1 Å². The van der Waals surface area contributed by atoms with E-state index in [9.17, 15) is 18.0 Å². The number of ether oxygens (including phenoxy) is 1. The summed E-state index contributed by atoms with van der Waals surface area (Å²) in [5, 5.41) is 12.3. The standard InChI is InChI=1S/C14H15N5O5S2/c1-8(20)16-13-18-19-14(25-13)26(22,23)15-7-6-11-12(21)17-9-4-2-3-5-10(9)24-11/h2-5,11,15H,6-7H2,1H3,(H,17,21)(H,16,18,20). The highest BCUT2D eigenvalue weighted by molar-refractivity contribution is 7.91. The van der Waals surface area contributed by atoms with Gasteiger partial charge in [-0.15, -0.1) is 10.2 Å². The first kappa shape index (κ1) is 18.2. The molecular weight excluding hydrogens is 382 g/mol. The van der Waals surface area contributed by atoms with Crippen molar-refractivity contribution in [2.24, 2.45) is 0 Å². The number of nitrogens with zero attached hydrogens (tertiary/aromatic N) is 2. The van der Waals surface area contributed by atoms with Gasteiger partial charge < -0.3 is 15.4 Å². The van der Waals surface area contributed by atoms with Gasteiger partial charge in [0.1, 0.15) is 5.75 Å². The summed E-state index contributed by atoms with van der Waals surface area (Å²) in [7, 11) is -3.90. The predicted octanol–water partition coefficient (Wildman–Crippen LogP) is 0.565. The van der Waals surface area contributed by atoms with E-state index in [1.54, 1.807) is 24.3 Å². The van der Waals surface area contributed by atoms with Crippen molar-refractivity contribution in [1.82, 2.24) is 14.9 Å². The number of carbonyl (C=O) groups is 2. The minimum Gasteiger partial charge on any atom is -0.478 e. The molecule has 3 N–H and O–H groups in total. The molecule has 10 nitrogen and oxygen atoms in total. The highest BCUT2D eigenvalue weighted by atomic mass is 32.2. The predicted molar refractivity (Wildman–Crippen MR) is 93.5 cm³/mol. The maximum Gasteiger partial charge on any atom is 0.269 e. The quantitative estimate of drug-likeness (QED) is 0.605. The highest BCUT2D eigenvalue weighted by Crippen LogP contribution is 2.29. The Morgan fingerprint density at radius 2 is 2.12 bits per heavy atom. The molecule has 0 aliphatic carbocycles. The number of hydrogen-bond donors (Lipinski definition) is 3. The average Bonchev–Trinajstić information content (AvgIpc) is 3.04. The van der Waals surface area contributed by atoms with Crippen molar-refractivity contribution in [2.45, 2.75) is 23.8 Å². The monoisotopic (exact) mass is 397 g/mol. The first-order valence-electron chi connectivity index (χ1n) is 7.52. The normalized spacial score (nSPS) is 16.3. The molecule has 0 saturated carbocycles. The van der Waals surface area contributed by atoms with Crippen molar-refractivity contribution in [1.29, 1.82) is 0 Å². The van der Waals surface area contributed by atoms with Gasteiger partial charge in [0.2, 0.25) is 15.4 Å². The second-order valence-electron chi connectivity index (χ2n) is 5.33. The van der Waals surface area contributed by atoms with Crippen molar-refractivity contribution in [2.75, 3.05) is 17.2 Å². The average molecular weight is 397 g/mol. The summed E-state index contributed by atoms with van der Waals surface area (Å²) in [4.78, 5) is 23.0. The summed E-state index contributed by atoms with van der Waals surface area (Å²) in [5.74, 6) is -0.186. The Morgan fingerprint density at radius 3 is 2.88 bits per heavy atom. The van der Waals surface area contributed by atoms with Crippen LogP contribution in [0.15, 0.2) is 28.6 Å². The van der Waals surface area contributed by atoms with Crippen molar-refractivity contribution < 1.29 is 22.7 Å². The maximum absolute atomic E-state index is 12.2. The smallest absolute Gasteiger partial charge is 0.269 e. The van der Waals surface area contributed by atoms with Crippen molar-refractivity contribution in [3.63, 3.8) is 0 Å². The molecule has 2 amide bonds. The van der Waals surface area contributed by atoms with Crippen LogP contribution in [0.25, 0.3) is 0 Å². The van der Waals surface area contributed by atoms with Crippen LogP contribution in [-0.4, -0.2) is 43.1 Å². The van der Waals surface area contributed by atoms with Crippen LogP contribution in [0.5, 0.6) is 5.75 Å². The topological polar surface area (TPSA) is 139 Å². The number of benzene rings is 1. The third kappa shape index (κ3) is 4.15. The third-order valence-corrected chi connectivity index (χ3v) is 5.99. The molecule has 0 spiro atoms. The number of para-hydroxylation sites is 2. The largest absolute Gasteiger partial charge is 0.478 e. The van der Waals surface area contributed by atoms with Gasteiger partial charge in [-0.25, -0.2) is 13.1 Å². The number of fused-ring (bicyclic) bond motifs is 1. The van der Waals surface area contributed by atoms with E-state index in [2.05, 4.69) is 25.6 Å². The van der Waals surface area contributed by atoms with Crippen molar-refractivity contribution >= 4 is 44.0 Å². The van der Waals surface area contributed by atoms with Gasteiger partial charge in [-0.1, -0.05) is 23.5 Å². The first-order chi connectivity index (χ1) is 12.3. The fourth-order valence-corrected chi connectivity index (χ4v) is 4.22. The van der Waals surface area contributed by atoms with Crippen molar-refractivity contribution in [3.8, 4) is 5.75 Å². The molecular formula is C14H15N5O5S2. The van der Waals surface area contributed by atoms with Crippen LogP contribution in [-0.2, 0) is 19.6 Å². The molecule has 1 aromatic heterocycles. The summed E-state index contributed by atoms with van der Waals surface area (Å²) < 4.78 is 32.0. The van der Waals surface area contributed by atoms with Gasteiger partial charge in [0.25, 0.3) is 15.9 Å². The Morgan fingerprint density at radius 1 is 1.35 bits per heavy atom. The van der Waals surface area contributed by atoms with Gasteiger partial charge in [-0.3, -0.25) is 9.59 Å². The van der Waals surface area contributed by atoms with Gasteiger partial charge in [0.15, 0.2) is 6.10 Å². The molecule has 0 saturated heterocycles. The molecule has 1 atom stereocenters. The van der Waals surface area contributed by atoms with Crippen molar-refractivity contribution in [3.05, 3.63) is 24.3 Å². The molecule has 2 aromatic rings. The lowest BCUT2D eigenvalue weighted by atomic mass is 10.2. The van der Waals surface area contributed by atoms with Crippen LogP contribution in [0.2, 0.25) is 0 Å².